The van der Waals surface area contributed by atoms with Gasteiger partial charge in [0, 0.05) is 38.5 Å². The van der Waals surface area contributed by atoms with Gasteiger partial charge in [0.25, 0.3) is 0 Å². The summed E-state index contributed by atoms with van der Waals surface area (Å²) in [5, 5.41) is 13.6. The molecule has 1 saturated carbocycles. The molecule has 1 aromatic rings. The predicted molar refractivity (Wildman–Crippen MR) is 123 cm³/mol. The Labute approximate surface area is 185 Å². The number of aliphatic imine (C=N–C) groups is 1. The van der Waals surface area contributed by atoms with E-state index in [1.165, 1.54) is 25.7 Å². The minimum Gasteiger partial charge on any atom is -0.359 e. The lowest BCUT2D eigenvalue weighted by molar-refractivity contribution is -0.121. The third-order valence-corrected chi connectivity index (χ3v) is 5.32. The van der Waals surface area contributed by atoms with Gasteiger partial charge in [0.1, 0.15) is 0 Å². The zero-order valence-corrected chi connectivity index (χ0v) is 19.8. The molecular formula is C20H36IN5O2. The summed E-state index contributed by atoms with van der Waals surface area (Å²) in [5.41, 5.74) is 1.02. The second-order valence-electron chi connectivity index (χ2n) is 7.29. The Hall–Kier alpha value is -1.32. The lowest BCUT2D eigenvalue weighted by Crippen LogP contribution is -2.41. The van der Waals surface area contributed by atoms with E-state index in [0.717, 1.165) is 24.3 Å². The van der Waals surface area contributed by atoms with E-state index in [-0.39, 0.29) is 29.9 Å². The number of carbonyl (C=O) groups is 1. The number of nitrogens with zero attached hydrogens (tertiary/aromatic N) is 2. The minimum absolute atomic E-state index is 0. The van der Waals surface area contributed by atoms with Crippen LogP contribution < -0.4 is 16.0 Å². The molecule has 3 N–H and O–H groups in total. The zero-order valence-electron chi connectivity index (χ0n) is 17.4. The van der Waals surface area contributed by atoms with Gasteiger partial charge in [-0.15, -0.1) is 24.0 Å². The highest BCUT2D eigenvalue weighted by atomic mass is 127. The molecule has 0 radical (unpaired) electrons. The maximum absolute atomic E-state index is 11.9. The normalized spacial score (nSPS) is 14.8. The molecule has 1 fully saturated rings. The second-order valence-corrected chi connectivity index (χ2v) is 7.29. The van der Waals surface area contributed by atoms with Crippen LogP contribution in [0.3, 0.4) is 0 Å². The van der Waals surface area contributed by atoms with Crippen LogP contribution in [0.25, 0.3) is 0 Å². The quantitative estimate of drug-likeness (QED) is 0.196. The second kappa shape index (κ2) is 13.8. The largest absolute Gasteiger partial charge is 0.359 e. The number of rotatable bonds is 10. The fourth-order valence-corrected chi connectivity index (χ4v) is 3.63. The monoisotopic (exact) mass is 505 g/mol. The van der Waals surface area contributed by atoms with Crippen molar-refractivity contribution in [3.8, 4) is 0 Å². The molecule has 160 valence electrons. The van der Waals surface area contributed by atoms with E-state index in [9.17, 15) is 4.79 Å². The van der Waals surface area contributed by atoms with Crippen molar-refractivity contribution in [1.82, 2.24) is 21.1 Å². The molecule has 0 saturated heterocycles. The topological polar surface area (TPSA) is 91.6 Å². The summed E-state index contributed by atoms with van der Waals surface area (Å²) in [7, 11) is 1.73. The van der Waals surface area contributed by atoms with Crippen LogP contribution >= 0.6 is 24.0 Å². The van der Waals surface area contributed by atoms with Gasteiger partial charge >= 0.3 is 0 Å². The first-order valence-corrected chi connectivity index (χ1v) is 10.3. The number of halogens is 1. The molecule has 0 unspecified atom stereocenters. The van der Waals surface area contributed by atoms with Gasteiger partial charge in [0.05, 0.1) is 12.2 Å². The van der Waals surface area contributed by atoms with E-state index < -0.39 is 0 Å². The Kier molecular flexibility index (Phi) is 12.2. The van der Waals surface area contributed by atoms with E-state index in [4.69, 9.17) is 4.52 Å². The average Bonchev–Trinajstić information content (AvgIpc) is 3.34. The smallest absolute Gasteiger partial charge is 0.220 e. The van der Waals surface area contributed by atoms with Gasteiger partial charge in [-0.1, -0.05) is 31.8 Å². The third kappa shape index (κ3) is 8.36. The van der Waals surface area contributed by atoms with Crippen LogP contribution in [0.1, 0.15) is 76.2 Å². The van der Waals surface area contributed by atoms with Crippen LogP contribution in [-0.4, -0.2) is 37.2 Å². The summed E-state index contributed by atoms with van der Waals surface area (Å²) in [6.45, 7) is 6.08. The molecule has 1 heterocycles. The molecule has 1 aromatic heterocycles. The minimum atomic E-state index is 0. The third-order valence-electron chi connectivity index (χ3n) is 5.32. The van der Waals surface area contributed by atoms with Crippen molar-refractivity contribution in [1.29, 1.82) is 0 Å². The standard InChI is InChI=1S/C20H35N5O2.HI/c1-4-16(5-2)18-13-17(27-25-18)14-24-20(21-3)23-11-10-22-19(26)12-15-8-6-7-9-15;/h13,15-16H,4-12,14H2,1-3H3,(H,22,26)(H2,21,23,24);1H. The number of hydrogen-bond acceptors (Lipinski definition) is 4. The lowest BCUT2D eigenvalue weighted by atomic mass is 9.99. The Morgan fingerprint density at radius 2 is 1.89 bits per heavy atom. The van der Waals surface area contributed by atoms with E-state index in [0.29, 0.717) is 43.9 Å². The predicted octanol–water partition coefficient (Wildman–Crippen LogP) is 3.56. The molecule has 2 rings (SSSR count). The Morgan fingerprint density at radius 3 is 2.54 bits per heavy atom. The highest BCUT2D eigenvalue weighted by Gasteiger charge is 2.18. The molecular weight excluding hydrogens is 469 g/mol. The Balaban J connectivity index is 0.00000392. The van der Waals surface area contributed by atoms with Crippen LogP contribution in [-0.2, 0) is 11.3 Å². The van der Waals surface area contributed by atoms with Crippen LogP contribution in [0.4, 0.5) is 0 Å². The van der Waals surface area contributed by atoms with Crippen LogP contribution in [0.5, 0.6) is 0 Å². The molecule has 1 aliphatic rings. The van der Waals surface area contributed by atoms with E-state index in [2.05, 4.69) is 39.9 Å². The molecule has 7 nitrogen and oxygen atoms in total. The van der Waals surface area contributed by atoms with Crippen molar-refractivity contribution in [2.45, 2.75) is 71.3 Å². The van der Waals surface area contributed by atoms with E-state index in [1.54, 1.807) is 7.05 Å². The van der Waals surface area contributed by atoms with Crippen molar-refractivity contribution < 1.29 is 9.32 Å². The van der Waals surface area contributed by atoms with E-state index in [1.807, 2.05) is 6.07 Å². The van der Waals surface area contributed by atoms with Crippen molar-refractivity contribution in [2.24, 2.45) is 10.9 Å². The first-order valence-electron chi connectivity index (χ1n) is 10.3. The van der Waals surface area contributed by atoms with Crippen molar-refractivity contribution in [3.63, 3.8) is 0 Å². The van der Waals surface area contributed by atoms with Crippen molar-refractivity contribution >= 4 is 35.8 Å². The molecule has 0 aromatic carbocycles. The van der Waals surface area contributed by atoms with Gasteiger partial charge in [0.2, 0.25) is 5.91 Å². The maximum Gasteiger partial charge on any atom is 0.220 e. The van der Waals surface area contributed by atoms with Gasteiger partial charge in [-0.2, -0.15) is 0 Å². The summed E-state index contributed by atoms with van der Waals surface area (Å²) in [5.74, 6) is 2.67. The maximum atomic E-state index is 11.9. The highest BCUT2D eigenvalue weighted by Crippen LogP contribution is 2.27. The molecule has 0 atom stereocenters. The molecule has 28 heavy (non-hydrogen) atoms. The average molecular weight is 505 g/mol. The Bertz CT molecular complexity index is 595. The van der Waals surface area contributed by atoms with Gasteiger partial charge < -0.3 is 20.5 Å². The SMILES string of the molecule is CCC(CC)c1cc(CNC(=NC)NCCNC(=O)CC2CCCC2)on1.I. The first kappa shape index (κ1) is 24.7. The number of aromatic nitrogens is 1. The van der Waals surface area contributed by atoms with Crippen LogP contribution in [0.15, 0.2) is 15.6 Å². The highest BCUT2D eigenvalue weighted by molar-refractivity contribution is 14.0. The molecule has 0 bridgehead atoms. The fraction of sp³-hybridized carbons (Fsp3) is 0.750. The number of guanidine groups is 1. The summed E-state index contributed by atoms with van der Waals surface area (Å²) in [4.78, 5) is 16.1. The fourth-order valence-electron chi connectivity index (χ4n) is 3.63. The van der Waals surface area contributed by atoms with Gasteiger partial charge in [-0.05, 0) is 31.6 Å². The molecule has 1 aliphatic carbocycles. The summed E-state index contributed by atoms with van der Waals surface area (Å²) < 4.78 is 5.41. The summed E-state index contributed by atoms with van der Waals surface area (Å²) in [6.07, 6.45) is 7.72. The zero-order chi connectivity index (χ0) is 19.5. The molecule has 1 amide bonds. The summed E-state index contributed by atoms with van der Waals surface area (Å²) in [6, 6.07) is 2.02. The first-order chi connectivity index (χ1) is 13.2. The number of hydrogen-bond donors (Lipinski definition) is 3. The molecule has 0 aliphatic heterocycles. The number of amides is 1. The van der Waals surface area contributed by atoms with E-state index >= 15 is 0 Å². The van der Waals surface area contributed by atoms with Gasteiger partial charge in [0.15, 0.2) is 11.7 Å². The molecule has 0 spiro atoms. The number of nitrogens with one attached hydrogen (secondary N) is 3. The van der Waals surface area contributed by atoms with Gasteiger partial charge in [-0.25, -0.2) is 0 Å². The van der Waals surface area contributed by atoms with Crippen LogP contribution in [0, 0.1) is 5.92 Å². The van der Waals surface area contributed by atoms with Crippen LogP contribution in [0.2, 0.25) is 0 Å². The van der Waals surface area contributed by atoms with Crippen molar-refractivity contribution in [3.05, 3.63) is 17.5 Å². The van der Waals surface area contributed by atoms with Crippen molar-refractivity contribution in [2.75, 3.05) is 20.1 Å². The number of carbonyl (C=O) groups excluding carboxylic acids is 1. The Morgan fingerprint density at radius 1 is 1.21 bits per heavy atom. The lowest BCUT2D eigenvalue weighted by Gasteiger charge is -2.12. The van der Waals surface area contributed by atoms with Gasteiger partial charge in [-0.3, -0.25) is 9.79 Å². The summed E-state index contributed by atoms with van der Waals surface area (Å²) >= 11 is 0. The molecule has 8 heteroatoms.